The van der Waals surface area contributed by atoms with Crippen LogP contribution < -0.4 is 9.47 Å². The Balaban J connectivity index is 1.60. The molecule has 2 aliphatic carbocycles. The van der Waals surface area contributed by atoms with Gasteiger partial charge in [-0.25, -0.2) is 0 Å². The molecule has 0 bridgehead atoms. The van der Waals surface area contributed by atoms with Crippen molar-refractivity contribution in [3.8, 4) is 11.5 Å². The van der Waals surface area contributed by atoms with Crippen molar-refractivity contribution in [1.82, 2.24) is 0 Å². The molecule has 2 saturated carbocycles. The van der Waals surface area contributed by atoms with Gasteiger partial charge in [0.2, 0.25) is 5.60 Å². The minimum absolute atomic E-state index is 0.0104. The predicted molar refractivity (Wildman–Crippen MR) is 88.9 cm³/mol. The van der Waals surface area contributed by atoms with Crippen LogP contribution >= 0.6 is 0 Å². The molecule has 0 aromatic heterocycles. The lowest BCUT2D eigenvalue weighted by molar-refractivity contribution is -0.266. The Kier molecular flexibility index (Phi) is 2.51. The Morgan fingerprint density at radius 2 is 1.69 bits per heavy atom. The average molecular weight is 352 g/mol. The lowest BCUT2D eigenvalue weighted by Gasteiger charge is -2.52. The Morgan fingerprint density at radius 3 is 2.38 bits per heavy atom. The number of ether oxygens (including phenoxy) is 3. The van der Waals surface area contributed by atoms with E-state index in [2.05, 4.69) is 0 Å². The standard InChI is InChI=1S/C20H16O6/c21-12-7-8-16(22)19(23)11(12)9-15-18(24-15)20(19)25-13-5-1-3-10-4-2-6-14(26-20)17(10)13/h1-6,11,15,18,23H,7-9H2/t11-,15+,18+,19+/m0/s1. The summed E-state index contributed by atoms with van der Waals surface area (Å²) in [6.45, 7) is 0. The number of Topliss-reactive ketones (excluding diaryl/α,β-unsaturated/α-hetero) is 2. The van der Waals surface area contributed by atoms with Crippen molar-refractivity contribution in [3.05, 3.63) is 36.4 Å². The average Bonchev–Trinajstić information content (AvgIpc) is 3.42. The first-order valence-electron chi connectivity index (χ1n) is 8.88. The van der Waals surface area contributed by atoms with E-state index in [4.69, 9.17) is 14.2 Å². The first kappa shape index (κ1) is 14.7. The third kappa shape index (κ3) is 1.52. The van der Waals surface area contributed by atoms with Gasteiger partial charge in [-0.1, -0.05) is 24.3 Å². The van der Waals surface area contributed by atoms with Gasteiger partial charge in [-0.3, -0.25) is 9.59 Å². The van der Waals surface area contributed by atoms with E-state index in [9.17, 15) is 14.7 Å². The molecule has 2 aliphatic heterocycles. The summed E-state index contributed by atoms with van der Waals surface area (Å²) in [4.78, 5) is 25.4. The van der Waals surface area contributed by atoms with Gasteiger partial charge in [0.25, 0.3) is 0 Å². The van der Waals surface area contributed by atoms with Crippen molar-refractivity contribution >= 4 is 22.3 Å². The molecule has 2 heterocycles. The SMILES string of the molecule is O=C1CCC(=O)[C@]2(O)[C@H]1C[C@H]1O[C@H]1C21Oc2cccc3cccc(c23)O1. The molecule has 6 nitrogen and oxygen atoms in total. The number of aliphatic hydroxyl groups is 1. The zero-order chi connectivity index (χ0) is 17.7. The number of rotatable bonds is 0. The molecule has 0 unspecified atom stereocenters. The maximum Gasteiger partial charge on any atom is 0.317 e. The van der Waals surface area contributed by atoms with Crippen LogP contribution in [-0.4, -0.2) is 40.3 Å². The number of carbonyl (C=O) groups is 2. The molecule has 4 aliphatic rings. The highest BCUT2D eigenvalue weighted by molar-refractivity contribution is 6.02. The van der Waals surface area contributed by atoms with E-state index in [1.165, 1.54) is 0 Å². The molecule has 1 spiro atoms. The molecular weight excluding hydrogens is 336 g/mol. The number of epoxide rings is 1. The number of carbonyl (C=O) groups excluding carboxylic acids is 2. The molecule has 0 amide bonds. The summed E-state index contributed by atoms with van der Waals surface area (Å²) in [5.74, 6) is -2.09. The molecule has 1 saturated heterocycles. The summed E-state index contributed by atoms with van der Waals surface area (Å²) < 4.78 is 18.1. The normalized spacial score (nSPS) is 36.1. The Labute approximate surface area is 148 Å². The summed E-state index contributed by atoms with van der Waals surface area (Å²) in [5, 5.41) is 13.3. The molecule has 2 aromatic rings. The first-order chi connectivity index (χ1) is 12.5. The van der Waals surface area contributed by atoms with Crippen molar-refractivity contribution in [1.29, 1.82) is 0 Å². The summed E-state index contributed by atoms with van der Waals surface area (Å²) in [6.07, 6.45) is -0.372. The van der Waals surface area contributed by atoms with Crippen molar-refractivity contribution in [2.45, 2.75) is 42.9 Å². The molecule has 6 rings (SSSR count). The molecule has 6 heteroatoms. The largest absolute Gasteiger partial charge is 0.446 e. The summed E-state index contributed by atoms with van der Waals surface area (Å²) in [6, 6.07) is 11.2. The highest BCUT2D eigenvalue weighted by atomic mass is 16.8. The number of benzene rings is 2. The van der Waals surface area contributed by atoms with Gasteiger partial charge < -0.3 is 19.3 Å². The summed E-state index contributed by atoms with van der Waals surface area (Å²) >= 11 is 0. The van der Waals surface area contributed by atoms with Crippen molar-refractivity contribution < 1.29 is 28.9 Å². The maximum absolute atomic E-state index is 12.9. The van der Waals surface area contributed by atoms with Gasteiger partial charge >= 0.3 is 5.79 Å². The van der Waals surface area contributed by atoms with Crippen LogP contribution in [0.5, 0.6) is 11.5 Å². The van der Waals surface area contributed by atoms with E-state index in [-0.39, 0.29) is 24.7 Å². The summed E-state index contributed by atoms with van der Waals surface area (Å²) in [5.41, 5.74) is -2.05. The quantitative estimate of drug-likeness (QED) is 0.727. The molecule has 3 fully saturated rings. The highest BCUT2D eigenvalue weighted by Gasteiger charge is 2.80. The number of ketones is 2. The fourth-order valence-corrected chi connectivity index (χ4v) is 4.94. The van der Waals surface area contributed by atoms with Crippen LogP contribution in [0.1, 0.15) is 19.3 Å². The maximum atomic E-state index is 12.9. The fraction of sp³-hybridized carbons (Fsp3) is 0.400. The molecule has 26 heavy (non-hydrogen) atoms. The zero-order valence-corrected chi connectivity index (χ0v) is 13.8. The van der Waals surface area contributed by atoms with Gasteiger partial charge in [0.15, 0.2) is 11.9 Å². The predicted octanol–water partition coefficient (Wildman–Crippen LogP) is 1.76. The second-order valence-electron chi connectivity index (χ2n) is 7.52. The van der Waals surface area contributed by atoms with E-state index >= 15 is 0 Å². The van der Waals surface area contributed by atoms with Crippen LogP contribution in [0.3, 0.4) is 0 Å². The molecular formula is C20H16O6. The van der Waals surface area contributed by atoms with Crippen molar-refractivity contribution in [3.63, 3.8) is 0 Å². The van der Waals surface area contributed by atoms with Crippen LogP contribution in [0.15, 0.2) is 36.4 Å². The second-order valence-corrected chi connectivity index (χ2v) is 7.52. The summed E-state index contributed by atoms with van der Waals surface area (Å²) in [7, 11) is 0. The third-order valence-corrected chi connectivity index (χ3v) is 6.22. The van der Waals surface area contributed by atoms with Crippen LogP contribution in [0, 0.1) is 5.92 Å². The minimum atomic E-state index is -2.05. The first-order valence-corrected chi connectivity index (χ1v) is 8.88. The van der Waals surface area contributed by atoms with E-state index in [1.54, 1.807) is 12.1 Å². The number of fused-ring (bicyclic) bond motifs is 4. The Bertz CT molecular complexity index is 956. The highest BCUT2D eigenvalue weighted by Crippen LogP contribution is 2.59. The van der Waals surface area contributed by atoms with Crippen molar-refractivity contribution in [2.75, 3.05) is 0 Å². The Morgan fingerprint density at radius 1 is 1.00 bits per heavy atom. The van der Waals surface area contributed by atoms with Gasteiger partial charge in [0, 0.05) is 12.8 Å². The smallest absolute Gasteiger partial charge is 0.317 e. The topological polar surface area (TPSA) is 85.4 Å². The van der Waals surface area contributed by atoms with E-state index in [0.717, 1.165) is 10.8 Å². The van der Waals surface area contributed by atoms with Crippen LogP contribution in [0.2, 0.25) is 0 Å². The van der Waals surface area contributed by atoms with Gasteiger partial charge in [0.05, 0.1) is 17.4 Å². The Hall–Kier alpha value is -2.44. The molecule has 1 N–H and O–H groups in total. The molecule has 132 valence electrons. The van der Waals surface area contributed by atoms with Crippen LogP contribution in [-0.2, 0) is 14.3 Å². The second kappa shape index (κ2) is 4.45. The lowest BCUT2D eigenvalue weighted by atomic mass is 9.62. The van der Waals surface area contributed by atoms with Crippen LogP contribution in [0.4, 0.5) is 0 Å². The third-order valence-electron chi connectivity index (χ3n) is 6.22. The van der Waals surface area contributed by atoms with E-state index in [1.807, 2.05) is 24.3 Å². The fourth-order valence-electron chi connectivity index (χ4n) is 4.94. The minimum Gasteiger partial charge on any atom is -0.446 e. The number of hydrogen-bond donors (Lipinski definition) is 1. The zero-order valence-electron chi connectivity index (χ0n) is 13.8. The van der Waals surface area contributed by atoms with Gasteiger partial charge in [0.1, 0.15) is 17.3 Å². The van der Waals surface area contributed by atoms with Gasteiger partial charge in [-0.2, -0.15) is 0 Å². The van der Waals surface area contributed by atoms with Gasteiger partial charge in [-0.05, 0) is 23.9 Å². The van der Waals surface area contributed by atoms with E-state index < -0.39 is 29.2 Å². The number of hydrogen-bond acceptors (Lipinski definition) is 6. The van der Waals surface area contributed by atoms with Crippen molar-refractivity contribution in [2.24, 2.45) is 5.92 Å². The monoisotopic (exact) mass is 352 g/mol. The molecule has 0 radical (unpaired) electrons. The van der Waals surface area contributed by atoms with Crippen LogP contribution in [0.25, 0.3) is 10.8 Å². The van der Waals surface area contributed by atoms with Gasteiger partial charge in [-0.15, -0.1) is 0 Å². The van der Waals surface area contributed by atoms with E-state index in [0.29, 0.717) is 17.9 Å². The lowest BCUT2D eigenvalue weighted by Crippen LogP contribution is -2.76. The molecule has 4 atom stereocenters. The molecule has 2 aromatic carbocycles.